The van der Waals surface area contributed by atoms with Gasteiger partial charge in [-0.1, -0.05) is 30.7 Å². The summed E-state index contributed by atoms with van der Waals surface area (Å²) >= 11 is 6.07. The molecule has 2 aromatic carbocycles. The molecule has 2 heterocycles. The van der Waals surface area contributed by atoms with Gasteiger partial charge < -0.3 is 10.1 Å². The number of halogens is 1. The second-order valence-electron chi connectivity index (χ2n) is 6.97. The number of anilines is 1. The maximum absolute atomic E-state index is 13.2. The molecule has 0 atom stereocenters. The van der Waals surface area contributed by atoms with E-state index in [0.29, 0.717) is 33.2 Å². The molecule has 0 aliphatic heterocycles. The molecule has 1 amide bonds. The normalized spacial score (nSPS) is 10.9. The van der Waals surface area contributed by atoms with E-state index in [2.05, 4.69) is 10.3 Å². The van der Waals surface area contributed by atoms with E-state index in [0.717, 1.165) is 12.0 Å². The van der Waals surface area contributed by atoms with E-state index in [9.17, 15) is 9.59 Å². The van der Waals surface area contributed by atoms with Gasteiger partial charge >= 0.3 is 0 Å². The lowest BCUT2D eigenvalue weighted by molar-refractivity contribution is -0.117. The Hall–Kier alpha value is -3.58. The molecule has 4 rings (SSSR count). The van der Waals surface area contributed by atoms with E-state index in [1.54, 1.807) is 41.2 Å². The summed E-state index contributed by atoms with van der Waals surface area (Å²) in [6, 6.07) is 16.1. The standard InChI is InChI=1S/C23H21ClN4O3/c1-3-15-6-4-7-17(12-15)28-23(30)18-8-5-11-25-22(18)27(28)14-21(29)26-19-13-16(24)9-10-20(19)31-2/h4-13H,3,14H2,1-2H3,(H,26,29). The Kier molecular flexibility index (Phi) is 5.77. The molecule has 0 bridgehead atoms. The van der Waals surface area contributed by atoms with Crippen LogP contribution in [0.4, 0.5) is 5.69 Å². The molecule has 2 aromatic heterocycles. The molecule has 31 heavy (non-hydrogen) atoms. The van der Waals surface area contributed by atoms with Crippen molar-refractivity contribution in [3.8, 4) is 11.4 Å². The van der Waals surface area contributed by atoms with Crippen LogP contribution in [0.5, 0.6) is 5.75 Å². The zero-order chi connectivity index (χ0) is 22.0. The van der Waals surface area contributed by atoms with Crippen molar-refractivity contribution in [2.45, 2.75) is 19.9 Å². The number of benzene rings is 2. The smallest absolute Gasteiger partial charge is 0.280 e. The van der Waals surface area contributed by atoms with Gasteiger partial charge in [0.2, 0.25) is 5.91 Å². The van der Waals surface area contributed by atoms with Crippen molar-refractivity contribution in [2.75, 3.05) is 12.4 Å². The van der Waals surface area contributed by atoms with Gasteiger partial charge in [-0.25, -0.2) is 9.67 Å². The summed E-state index contributed by atoms with van der Waals surface area (Å²) in [4.78, 5) is 30.5. The molecule has 4 aromatic rings. The van der Waals surface area contributed by atoms with Crippen LogP contribution in [-0.2, 0) is 17.8 Å². The number of aromatic nitrogens is 3. The summed E-state index contributed by atoms with van der Waals surface area (Å²) in [5, 5.41) is 3.73. The largest absolute Gasteiger partial charge is 0.495 e. The second kappa shape index (κ2) is 8.65. The molecule has 7 nitrogen and oxygen atoms in total. The minimum atomic E-state index is -0.344. The maximum atomic E-state index is 13.2. The molecule has 0 saturated heterocycles. The van der Waals surface area contributed by atoms with E-state index < -0.39 is 0 Å². The third-order valence-corrected chi connectivity index (χ3v) is 5.22. The predicted molar refractivity (Wildman–Crippen MR) is 121 cm³/mol. The highest BCUT2D eigenvalue weighted by Gasteiger charge is 2.19. The number of rotatable bonds is 6. The Balaban J connectivity index is 1.78. The lowest BCUT2D eigenvalue weighted by atomic mass is 10.1. The topological polar surface area (TPSA) is 78.2 Å². The molecular formula is C23H21ClN4O3. The Morgan fingerprint density at radius 3 is 2.77 bits per heavy atom. The number of carbonyl (C=O) groups is 1. The van der Waals surface area contributed by atoms with E-state index in [4.69, 9.17) is 16.3 Å². The number of fused-ring (bicyclic) bond motifs is 1. The van der Waals surface area contributed by atoms with E-state index in [1.807, 2.05) is 31.2 Å². The zero-order valence-electron chi connectivity index (χ0n) is 17.1. The maximum Gasteiger partial charge on any atom is 0.280 e. The number of ether oxygens (including phenoxy) is 1. The van der Waals surface area contributed by atoms with Crippen molar-refractivity contribution in [1.29, 1.82) is 0 Å². The number of nitrogens with one attached hydrogen (secondary N) is 1. The first-order valence-corrected chi connectivity index (χ1v) is 10.2. The molecule has 0 radical (unpaired) electrons. The number of hydrogen-bond acceptors (Lipinski definition) is 4. The summed E-state index contributed by atoms with van der Waals surface area (Å²) in [6.07, 6.45) is 2.43. The Morgan fingerprint density at radius 2 is 2.00 bits per heavy atom. The van der Waals surface area contributed by atoms with Gasteiger partial charge in [-0.3, -0.25) is 14.3 Å². The lowest BCUT2D eigenvalue weighted by Crippen LogP contribution is -2.27. The van der Waals surface area contributed by atoms with Crippen molar-refractivity contribution in [1.82, 2.24) is 14.3 Å². The lowest BCUT2D eigenvalue weighted by Gasteiger charge is -2.14. The van der Waals surface area contributed by atoms with Gasteiger partial charge in [-0.2, -0.15) is 0 Å². The van der Waals surface area contributed by atoms with Gasteiger partial charge in [0.05, 0.1) is 23.9 Å². The summed E-state index contributed by atoms with van der Waals surface area (Å²) in [5.41, 5.74) is 2.41. The summed E-state index contributed by atoms with van der Waals surface area (Å²) in [6.45, 7) is 1.92. The minimum absolute atomic E-state index is 0.123. The minimum Gasteiger partial charge on any atom is -0.495 e. The van der Waals surface area contributed by atoms with Crippen molar-refractivity contribution < 1.29 is 9.53 Å². The molecule has 1 N–H and O–H groups in total. The summed E-state index contributed by atoms with van der Waals surface area (Å²) in [7, 11) is 1.51. The van der Waals surface area contributed by atoms with Crippen LogP contribution in [0.2, 0.25) is 5.02 Å². The first-order valence-electron chi connectivity index (χ1n) is 9.81. The second-order valence-corrected chi connectivity index (χ2v) is 7.40. The number of pyridine rings is 1. The van der Waals surface area contributed by atoms with Crippen LogP contribution in [-0.4, -0.2) is 27.4 Å². The monoisotopic (exact) mass is 436 g/mol. The van der Waals surface area contributed by atoms with Crippen molar-refractivity contribution in [3.05, 3.63) is 81.7 Å². The molecule has 0 aliphatic carbocycles. The SMILES string of the molecule is CCc1cccc(-n2c(=O)c3cccnc3n2CC(=O)Nc2cc(Cl)ccc2OC)c1. The molecule has 0 aliphatic rings. The van der Waals surface area contributed by atoms with E-state index in [1.165, 1.54) is 11.8 Å². The quantitative estimate of drug-likeness (QED) is 0.494. The Morgan fingerprint density at radius 1 is 1.16 bits per heavy atom. The fraction of sp³-hybridized carbons (Fsp3) is 0.174. The van der Waals surface area contributed by atoms with Gasteiger partial charge in [0.1, 0.15) is 12.3 Å². The Labute approximate surface area is 183 Å². The third-order valence-electron chi connectivity index (χ3n) is 4.99. The third kappa shape index (κ3) is 4.04. The summed E-state index contributed by atoms with van der Waals surface area (Å²) < 4.78 is 8.37. The molecule has 0 fully saturated rings. The number of methoxy groups -OCH3 is 1. The van der Waals surface area contributed by atoms with E-state index in [-0.39, 0.29) is 18.0 Å². The number of amides is 1. The molecule has 0 saturated carbocycles. The van der Waals surface area contributed by atoms with Gasteiger partial charge in [0.25, 0.3) is 5.56 Å². The van der Waals surface area contributed by atoms with Crippen molar-refractivity contribution in [3.63, 3.8) is 0 Å². The first kappa shape index (κ1) is 20.7. The van der Waals surface area contributed by atoms with Gasteiger partial charge in [0, 0.05) is 11.2 Å². The molecule has 0 spiro atoms. The number of carbonyl (C=O) groups excluding carboxylic acids is 1. The number of aryl methyl sites for hydroxylation is 1. The Bertz CT molecular complexity index is 1330. The fourth-order valence-corrected chi connectivity index (χ4v) is 3.67. The van der Waals surface area contributed by atoms with Crippen LogP contribution in [0, 0.1) is 0 Å². The zero-order valence-corrected chi connectivity index (χ0v) is 17.9. The van der Waals surface area contributed by atoms with Crippen molar-refractivity contribution >= 4 is 34.2 Å². The van der Waals surface area contributed by atoms with Crippen LogP contribution in [0.3, 0.4) is 0 Å². The molecular weight excluding hydrogens is 416 g/mol. The summed E-state index contributed by atoms with van der Waals surface area (Å²) in [5.74, 6) is 0.143. The average molecular weight is 437 g/mol. The highest BCUT2D eigenvalue weighted by atomic mass is 35.5. The van der Waals surface area contributed by atoms with Crippen LogP contribution in [0.15, 0.2) is 65.6 Å². The van der Waals surface area contributed by atoms with Crippen LogP contribution in [0.25, 0.3) is 16.7 Å². The van der Waals surface area contributed by atoms with Crippen LogP contribution >= 0.6 is 11.6 Å². The highest BCUT2D eigenvalue weighted by molar-refractivity contribution is 6.31. The predicted octanol–water partition coefficient (Wildman–Crippen LogP) is 4.05. The van der Waals surface area contributed by atoms with E-state index >= 15 is 0 Å². The molecule has 8 heteroatoms. The van der Waals surface area contributed by atoms with Crippen molar-refractivity contribution in [2.24, 2.45) is 0 Å². The molecule has 158 valence electrons. The first-order chi connectivity index (χ1) is 15.0. The number of hydrogen-bond donors (Lipinski definition) is 1. The van der Waals surface area contributed by atoms with Crippen LogP contribution < -0.4 is 15.6 Å². The van der Waals surface area contributed by atoms with Gasteiger partial charge in [-0.05, 0) is 54.4 Å². The highest BCUT2D eigenvalue weighted by Crippen LogP contribution is 2.27. The van der Waals surface area contributed by atoms with Gasteiger partial charge in [-0.15, -0.1) is 0 Å². The average Bonchev–Trinajstić information content (AvgIpc) is 3.05. The number of nitrogens with zero attached hydrogens (tertiary/aromatic N) is 3. The van der Waals surface area contributed by atoms with Crippen LogP contribution in [0.1, 0.15) is 12.5 Å². The molecule has 0 unspecified atom stereocenters. The fourth-order valence-electron chi connectivity index (χ4n) is 3.50. The van der Waals surface area contributed by atoms with Gasteiger partial charge in [0.15, 0.2) is 5.65 Å².